The SMILES string of the molecule is CCOC(=O)CC[C@H](NC(CCc1ccccc1)C(=O)O)C(=O)N1CCC[C@H]1C(=O)OCC. The van der Waals surface area contributed by atoms with Crippen molar-refractivity contribution in [2.45, 2.75) is 70.5 Å². The number of esters is 2. The maximum atomic E-state index is 13.4. The van der Waals surface area contributed by atoms with E-state index in [-0.39, 0.29) is 32.5 Å². The normalized spacial score (nSPS) is 17.3. The second-order valence-electron chi connectivity index (χ2n) is 7.92. The molecule has 0 aromatic heterocycles. The summed E-state index contributed by atoms with van der Waals surface area (Å²) in [6, 6.07) is 6.84. The molecule has 1 fully saturated rings. The van der Waals surface area contributed by atoms with Gasteiger partial charge in [-0.1, -0.05) is 30.3 Å². The Balaban J connectivity index is 2.14. The number of likely N-dealkylation sites (tertiary alicyclic amines) is 1. The molecule has 3 atom stereocenters. The molecule has 1 saturated heterocycles. The van der Waals surface area contributed by atoms with Crippen molar-refractivity contribution >= 4 is 23.8 Å². The molecule has 0 aliphatic carbocycles. The summed E-state index contributed by atoms with van der Waals surface area (Å²) in [5, 5.41) is 12.7. The summed E-state index contributed by atoms with van der Waals surface area (Å²) in [4.78, 5) is 51.0. The van der Waals surface area contributed by atoms with Gasteiger partial charge >= 0.3 is 17.9 Å². The standard InChI is InChI=1S/C24H34N2O7/c1-3-32-21(27)15-14-18(22(28)26-16-8-11-20(26)24(31)33-4-2)25-19(23(29)30)13-12-17-9-6-5-7-10-17/h5-7,9-10,18-20,25H,3-4,8,11-16H2,1-2H3,(H,29,30)/t18-,19?,20-/m0/s1. The number of aliphatic carboxylic acids is 1. The third-order valence-corrected chi connectivity index (χ3v) is 5.60. The molecule has 0 bridgehead atoms. The number of carbonyl (C=O) groups excluding carboxylic acids is 3. The van der Waals surface area contributed by atoms with Crippen LogP contribution in [0.5, 0.6) is 0 Å². The van der Waals surface area contributed by atoms with Crippen LogP contribution < -0.4 is 5.32 Å². The fourth-order valence-electron chi connectivity index (χ4n) is 3.96. The molecule has 1 aromatic rings. The van der Waals surface area contributed by atoms with Crippen LogP contribution >= 0.6 is 0 Å². The quantitative estimate of drug-likeness (QED) is 0.427. The first-order valence-corrected chi connectivity index (χ1v) is 11.5. The first-order valence-electron chi connectivity index (χ1n) is 11.5. The van der Waals surface area contributed by atoms with Gasteiger partial charge in [0.25, 0.3) is 0 Å². The molecule has 182 valence electrons. The molecule has 33 heavy (non-hydrogen) atoms. The highest BCUT2D eigenvalue weighted by atomic mass is 16.5. The van der Waals surface area contributed by atoms with Gasteiger partial charge in [0.1, 0.15) is 12.1 Å². The van der Waals surface area contributed by atoms with Crippen LogP contribution in [0.2, 0.25) is 0 Å². The van der Waals surface area contributed by atoms with Gasteiger partial charge in [-0.2, -0.15) is 0 Å². The van der Waals surface area contributed by atoms with E-state index in [0.717, 1.165) is 5.56 Å². The van der Waals surface area contributed by atoms with Crippen molar-refractivity contribution in [1.29, 1.82) is 0 Å². The van der Waals surface area contributed by atoms with E-state index in [1.165, 1.54) is 4.90 Å². The number of carbonyl (C=O) groups is 4. The Kier molecular flexibility index (Phi) is 10.8. The minimum absolute atomic E-state index is 0.0415. The molecule has 1 aromatic carbocycles. The van der Waals surface area contributed by atoms with Crippen LogP contribution in [0.1, 0.15) is 51.5 Å². The number of hydrogen-bond acceptors (Lipinski definition) is 7. The first kappa shape index (κ1) is 26.3. The van der Waals surface area contributed by atoms with E-state index < -0.39 is 41.9 Å². The number of amides is 1. The molecular weight excluding hydrogens is 428 g/mol. The lowest BCUT2D eigenvalue weighted by atomic mass is 10.0. The summed E-state index contributed by atoms with van der Waals surface area (Å²) in [5.74, 6) is -2.41. The summed E-state index contributed by atoms with van der Waals surface area (Å²) in [7, 11) is 0. The minimum Gasteiger partial charge on any atom is -0.480 e. The molecule has 2 N–H and O–H groups in total. The Hall–Kier alpha value is -2.94. The highest BCUT2D eigenvalue weighted by Crippen LogP contribution is 2.21. The molecule has 1 heterocycles. The summed E-state index contributed by atoms with van der Waals surface area (Å²) >= 11 is 0. The lowest BCUT2D eigenvalue weighted by Gasteiger charge is -2.30. The van der Waals surface area contributed by atoms with Crippen LogP contribution in [0.4, 0.5) is 0 Å². The monoisotopic (exact) mass is 462 g/mol. The number of benzene rings is 1. The molecule has 1 unspecified atom stereocenters. The Morgan fingerprint density at radius 1 is 1.06 bits per heavy atom. The predicted octanol–water partition coefficient (Wildman–Crippen LogP) is 1.93. The largest absolute Gasteiger partial charge is 0.480 e. The number of carboxylic acid groups (broad SMARTS) is 1. The molecule has 1 aliphatic heterocycles. The molecule has 0 radical (unpaired) electrons. The van der Waals surface area contributed by atoms with E-state index in [1.54, 1.807) is 13.8 Å². The molecule has 2 rings (SSSR count). The second kappa shape index (κ2) is 13.6. The molecule has 0 saturated carbocycles. The van der Waals surface area contributed by atoms with Gasteiger partial charge < -0.3 is 19.5 Å². The average Bonchev–Trinajstić information content (AvgIpc) is 3.29. The zero-order chi connectivity index (χ0) is 24.2. The lowest BCUT2D eigenvalue weighted by molar-refractivity contribution is -0.154. The van der Waals surface area contributed by atoms with Crippen molar-refractivity contribution in [3.63, 3.8) is 0 Å². The molecule has 9 heteroatoms. The van der Waals surface area contributed by atoms with Crippen LogP contribution in [-0.2, 0) is 35.1 Å². The maximum Gasteiger partial charge on any atom is 0.328 e. The Bertz CT molecular complexity index is 799. The average molecular weight is 463 g/mol. The molecule has 9 nitrogen and oxygen atoms in total. The van der Waals surface area contributed by atoms with Crippen molar-refractivity contribution < 1.29 is 33.8 Å². The molecule has 0 spiro atoms. The van der Waals surface area contributed by atoms with Crippen molar-refractivity contribution in [3.05, 3.63) is 35.9 Å². The number of aryl methyl sites for hydroxylation is 1. The number of rotatable bonds is 13. The van der Waals surface area contributed by atoms with Gasteiger partial charge in [0.05, 0.1) is 19.3 Å². The Labute approximate surface area is 194 Å². The van der Waals surface area contributed by atoms with Crippen LogP contribution in [0.15, 0.2) is 30.3 Å². The summed E-state index contributed by atoms with van der Waals surface area (Å²) in [5.41, 5.74) is 0.988. The van der Waals surface area contributed by atoms with Crippen molar-refractivity contribution in [2.75, 3.05) is 19.8 Å². The second-order valence-corrected chi connectivity index (χ2v) is 7.92. The Morgan fingerprint density at radius 3 is 2.39 bits per heavy atom. The van der Waals surface area contributed by atoms with Gasteiger partial charge in [0.15, 0.2) is 0 Å². The molecule has 1 amide bonds. The predicted molar refractivity (Wildman–Crippen MR) is 120 cm³/mol. The van der Waals surface area contributed by atoms with Crippen LogP contribution in [0.3, 0.4) is 0 Å². The number of nitrogens with zero attached hydrogens (tertiary/aromatic N) is 1. The zero-order valence-electron chi connectivity index (χ0n) is 19.3. The van der Waals surface area contributed by atoms with Crippen LogP contribution in [0, 0.1) is 0 Å². The minimum atomic E-state index is -1.08. The van der Waals surface area contributed by atoms with Crippen LogP contribution in [0.25, 0.3) is 0 Å². The zero-order valence-corrected chi connectivity index (χ0v) is 19.3. The number of hydrogen-bond donors (Lipinski definition) is 2. The third-order valence-electron chi connectivity index (χ3n) is 5.60. The van der Waals surface area contributed by atoms with Gasteiger partial charge in [0.2, 0.25) is 5.91 Å². The third kappa shape index (κ3) is 8.16. The van der Waals surface area contributed by atoms with Gasteiger partial charge in [-0.15, -0.1) is 0 Å². The summed E-state index contributed by atoms with van der Waals surface area (Å²) in [6.45, 7) is 4.20. The summed E-state index contributed by atoms with van der Waals surface area (Å²) < 4.78 is 10.1. The number of nitrogens with one attached hydrogen (secondary N) is 1. The van der Waals surface area contributed by atoms with E-state index in [0.29, 0.717) is 25.8 Å². The van der Waals surface area contributed by atoms with Gasteiger partial charge in [-0.25, -0.2) is 4.79 Å². The topological polar surface area (TPSA) is 122 Å². The smallest absolute Gasteiger partial charge is 0.328 e. The van der Waals surface area contributed by atoms with Gasteiger partial charge in [-0.05, 0) is 51.5 Å². The van der Waals surface area contributed by atoms with E-state index in [4.69, 9.17) is 9.47 Å². The van der Waals surface area contributed by atoms with E-state index in [2.05, 4.69) is 5.32 Å². The van der Waals surface area contributed by atoms with Gasteiger partial charge in [-0.3, -0.25) is 19.7 Å². The Morgan fingerprint density at radius 2 is 1.76 bits per heavy atom. The van der Waals surface area contributed by atoms with Crippen molar-refractivity contribution in [1.82, 2.24) is 10.2 Å². The molecule has 1 aliphatic rings. The van der Waals surface area contributed by atoms with E-state index in [1.807, 2.05) is 30.3 Å². The van der Waals surface area contributed by atoms with Gasteiger partial charge in [0, 0.05) is 13.0 Å². The van der Waals surface area contributed by atoms with Crippen molar-refractivity contribution in [2.24, 2.45) is 0 Å². The van der Waals surface area contributed by atoms with E-state index >= 15 is 0 Å². The first-order chi connectivity index (χ1) is 15.9. The maximum absolute atomic E-state index is 13.4. The van der Waals surface area contributed by atoms with Crippen molar-refractivity contribution in [3.8, 4) is 0 Å². The van der Waals surface area contributed by atoms with E-state index in [9.17, 15) is 24.3 Å². The molecular formula is C24H34N2O7. The van der Waals surface area contributed by atoms with Crippen LogP contribution in [-0.4, -0.2) is 71.7 Å². The fraction of sp³-hybridized carbons (Fsp3) is 0.583. The summed E-state index contributed by atoms with van der Waals surface area (Å²) in [6.07, 6.45) is 1.95. The number of carboxylic acids is 1. The highest BCUT2D eigenvalue weighted by Gasteiger charge is 2.39. The highest BCUT2D eigenvalue weighted by molar-refractivity contribution is 5.89. The lowest BCUT2D eigenvalue weighted by Crippen LogP contribution is -2.54. The fourth-order valence-corrected chi connectivity index (χ4v) is 3.96. The number of ether oxygens (including phenoxy) is 2.